The zero-order valence-corrected chi connectivity index (χ0v) is 14.0. The van der Waals surface area contributed by atoms with Gasteiger partial charge in [0.1, 0.15) is 0 Å². The molecule has 1 atom stereocenters. The minimum absolute atomic E-state index is 0.144. The zero-order valence-electron chi connectivity index (χ0n) is 13.2. The number of thioether (sulfide) groups is 1. The Labute approximate surface area is 137 Å². The molecule has 1 aliphatic rings. The Bertz CT molecular complexity index is 791. The van der Waals surface area contributed by atoms with Crippen LogP contribution in [0.3, 0.4) is 0 Å². The number of amides is 1. The summed E-state index contributed by atoms with van der Waals surface area (Å²) in [7, 11) is 0. The highest BCUT2D eigenvalue weighted by Crippen LogP contribution is 2.27. The molecule has 0 radical (unpaired) electrons. The van der Waals surface area contributed by atoms with E-state index in [0.29, 0.717) is 23.3 Å². The number of hydrogen-bond acceptors (Lipinski definition) is 6. The van der Waals surface area contributed by atoms with Crippen LogP contribution in [-0.4, -0.2) is 26.4 Å². The van der Waals surface area contributed by atoms with E-state index in [2.05, 4.69) is 15.5 Å². The van der Waals surface area contributed by atoms with E-state index in [9.17, 15) is 9.59 Å². The van der Waals surface area contributed by atoms with Crippen LogP contribution in [0.1, 0.15) is 26.5 Å². The molecule has 0 fully saturated rings. The molecule has 1 amide bonds. The Balaban J connectivity index is 1.71. The van der Waals surface area contributed by atoms with E-state index in [4.69, 9.17) is 4.52 Å². The molecule has 0 saturated heterocycles. The molecule has 23 heavy (non-hydrogen) atoms. The lowest BCUT2D eigenvalue weighted by atomic mass is 9.92. The van der Waals surface area contributed by atoms with Gasteiger partial charge in [-0.15, -0.1) is 0 Å². The number of anilines is 1. The number of nitrogens with zero attached hydrogens (tertiary/aromatic N) is 3. The van der Waals surface area contributed by atoms with Gasteiger partial charge in [-0.1, -0.05) is 37.7 Å². The predicted molar refractivity (Wildman–Crippen MR) is 86.5 cm³/mol. The maximum absolute atomic E-state index is 12.4. The van der Waals surface area contributed by atoms with Crippen LogP contribution >= 0.6 is 11.8 Å². The van der Waals surface area contributed by atoms with Crippen molar-refractivity contribution in [2.75, 3.05) is 11.1 Å². The smallest absolute Gasteiger partial charge is 0.254 e. The summed E-state index contributed by atoms with van der Waals surface area (Å²) >= 11 is 1.40. The van der Waals surface area contributed by atoms with Gasteiger partial charge < -0.3 is 4.52 Å². The van der Waals surface area contributed by atoms with Crippen LogP contribution < -0.4 is 10.9 Å². The molecule has 7 nitrogen and oxygen atoms in total. The third-order valence-electron chi connectivity index (χ3n) is 3.61. The number of carbonyl (C=O) groups is 1. The van der Waals surface area contributed by atoms with Crippen molar-refractivity contribution in [3.8, 4) is 0 Å². The topological polar surface area (TPSA) is 90.0 Å². The molecule has 1 N–H and O–H groups in total. The van der Waals surface area contributed by atoms with Crippen LogP contribution in [0, 0.1) is 5.92 Å². The first-order chi connectivity index (χ1) is 10.8. The molecule has 8 heteroatoms. The summed E-state index contributed by atoms with van der Waals surface area (Å²) in [4.78, 5) is 28.4. The monoisotopic (exact) mass is 334 g/mol. The Morgan fingerprint density at radius 3 is 2.96 bits per heavy atom. The normalized spacial score (nSPS) is 17.6. The molecule has 0 aliphatic carbocycles. The van der Waals surface area contributed by atoms with E-state index in [1.54, 1.807) is 6.07 Å². The first-order valence-corrected chi connectivity index (χ1v) is 8.30. The lowest BCUT2D eigenvalue weighted by Gasteiger charge is -2.23. The Morgan fingerprint density at radius 1 is 1.48 bits per heavy atom. The molecule has 0 saturated carbocycles. The van der Waals surface area contributed by atoms with Crippen molar-refractivity contribution in [2.45, 2.75) is 37.9 Å². The largest absolute Gasteiger partial charge is 0.338 e. The summed E-state index contributed by atoms with van der Waals surface area (Å²) in [6.45, 7) is 6.38. The second-order valence-corrected chi connectivity index (χ2v) is 7.49. The van der Waals surface area contributed by atoms with Crippen LogP contribution in [0.25, 0.3) is 0 Å². The lowest BCUT2D eigenvalue weighted by Crippen LogP contribution is -2.36. The first kappa shape index (κ1) is 15.8. The minimum Gasteiger partial charge on any atom is -0.338 e. The number of carbonyl (C=O) groups excluding carboxylic acids is 1. The molecule has 1 aliphatic heterocycles. The quantitative estimate of drug-likeness (QED) is 0.844. The predicted octanol–water partition coefficient (Wildman–Crippen LogP) is 1.89. The maximum Gasteiger partial charge on any atom is 0.254 e. The van der Waals surface area contributed by atoms with E-state index in [-0.39, 0.29) is 22.8 Å². The molecule has 2 aromatic rings. The van der Waals surface area contributed by atoms with Gasteiger partial charge >= 0.3 is 0 Å². The van der Waals surface area contributed by atoms with Gasteiger partial charge in [0.2, 0.25) is 11.8 Å². The molecule has 0 bridgehead atoms. The summed E-state index contributed by atoms with van der Waals surface area (Å²) in [5, 5.41) is 7.36. The molecular formula is C15H18N4O3S. The van der Waals surface area contributed by atoms with Gasteiger partial charge in [0.05, 0.1) is 11.6 Å². The maximum atomic E-state index is 12.4. The summed E-state index contributed by atoms with van der Waals surface area (Å²) in [5.74, 6) is 0.394. The number of aromatic nitrogens is 3. The van der Waals surface area contributed by atoms with Gasteiger partial charge in [-0.2, -0.15) is 0 Å². The van der Waals surface area contributed by atoms with Crippen molar-refractivity contribution < 1.29 is 9.32 Å². The van der Waals surface area contributed by atoms with Gasteiger partial charge in [0, 0.05) is 36.0 Å². The average molecular weight is 334 g/mol. The number of rotatable bonds is 2. The summed E-state index contributed by atoms with van der Waals surface area (Å²) in [5.41, 5.74) is 0.483. The van der Waals surface area contributed by atoms with Crippen molar-refractivity contribution in [3.05, 3.63) is 34.4 Å². The van der Waals surface area contributed by atoms with Crippen molar-refractivity contribution in [2.24, 2.45) is 5.92 Å². The van der Waals surface area contributed by atoms with Gasteiger partial charge in [-0.25, -0.2) is 4.98 Å². The lowest BCUT2D eigenvalue weighted by molar-refractivity contribution is -0.119. The molecule has 0 aromatic carbocycles. The molecule has 2 aromatic heterocycles. The standard InChI is InChI=1S/C15H18N4O3S/c1-15(2,3)10-6-11(22-18-10)17-13(21)9-7-19-12(20)4-5-16-14(19)23-8-9/h4-6,9H,7-8H2,1-3H3,(H,17,21). The highest BCUT2D eigenvalue weighted by molar-refractivity contribution is 7.99. The number of hydrogen-bond donors (Lipinski definition) is 1. The van der Waals surface area contributed by atoms with Crippen molar-refractivity contribution in [3.63, 3.8) is 0 Å². The minimum atomic E-state index is -0.322. The van der Waals surface area contributed by atoms with E-state index >= 15 is 0 Å². The Kier molecular flexibility index (Phi) is 4.01. The highest BCUT2D eigenvalue weighted by atomic mass is 32.2. The van der Waals surface area contributed by atoms with Crippen molar-refractivity contribution in [1.82, 2.24) is 14.7 Å². The zero-order chi connectivity index (χ0) is 16.6. The molecule has 0 spiro atoms. The Hall–Kier alpha value is -2.09. The van der Waals surface area contributed by atoms with Gasteiger partial charge in [-0.3, -0.25) is 19.5 Å². The second-order valence-electron chi connectivity index (χ2n) is 6.50. The second kappa shape index (κ2) is 5.84. The fraction of sp³-hybridized carbons (Fsp3) is 0.467. The van der Waals surface area contributed by atoms with Crippen LogP contribution in [-0.2, 0) is 16.8 Å². The number of fused-ring (bicyclic) bond motifs is 1. The summed E-state index contributed by atoms with van der Waals surface area (Å²) < 4.78 is 6.70. The highest BCUT2D eigenvalue weighted by Gasteiger charge is 2.28. The molecule has 122 valence electrons. The fourth-order valence-corrected chi connectivity index (χ4v) is 3.28. The van der Waals surface area contributed by atoms with Crippen LogP contribution in [0.15, 0.2) is 32.8 Å². The molecule has 3 rings (SSSR count). The van der Waals surface area contributed by atoms with Crippen LogP contribution in [0.5, 0.6) is 0 Å². The average Bonchev–Trinajstić information content (AvgIpc) is 2.96. The van der Waals surface area contributed by atoms with Crippen molar-refractivity contribution in [1.29, 1.82) is 0 Å². The third-order valence-corrected chi connectivity index (χ3v) is 4.76. The third kappa shape index (κ3) is 3.31. The first-order valence-electron chi connectivity index (χ1n) is 7.31. The van der Waals surface area contributed by atoms with Crippen LogP contribution in [0.2, 0.25) is 0 Å². The van der Waals surface area contributed by atoms with Gasteiger partial charge in [0.25, 0.3) is 5.56 Å². The SMILES string of the molecule is CC(C)(C)c1cc(NC(=O)C2CSc3nccc(=O)n3C2)on1. The molecular weight excluding hydrogens is 316 g/mol. The summed E-state index contributed by atoms with van der Waals surface area (Å²) in [6.07, 6.45) is 1.49. The van der Waals surface area contributed by atoms with E-state index in [1.807, 2.05) is 20.8 Å². The Morgan fingerprint density at radius 2 is 2.26 bits per heavy atom. The van der Waals surface area contributed by atoms with Gasteiger partial charge in [-0.05, 0) is 0 Å². The van der Waals surface area contributed by atoms with E-state index in [1.165, 1.54) is 28.6 Å². The molecule has 1 unspecified atom stereocenters. The van der Waals surface area contributed by atoms with Gasteiger partial charge in [0.15, 0.2) is 5.16 Å². The van der Waals surface area contributed by atoms with E-state index in [0.717, 1.165) is 5.69 Å². The summed E-state index contributed by atoms with van der Waals surface area (Å²) in [6, 6.07) is 3.13. The van der Waals surface area contributed by atoms with E-state index < -0.39 is 0 Å². The van der Waals surface area contributed by atoms with Crippen LogP contribution in [0.4, 0.5) is 5.88 Å². The van der Waals surface area contributed by atoms with Crippen molar-refractivity contribution >= 4 is 23.6 Å². The molecule has 3 heterocycles. The number of nitrogens with one attached hydrogen (secondary N) is 1. The fourth-order valence-electron chi connectivity index (χ4n) is 2.22.